The number of aromatic nitrogens is 1. The molecular formula is C21H24N4O4. The number of carbonyl (C=O) groups excluding carboxylic acids is 3. The lowest BCUT2D eigenvalue weighted by molar-refractivity contribution is -0.125. The van der Waals surface area contributed by atoms with Gasteiger partial charge in [-0.25, -0.2) is 0 Å². The number of benzene rings is 1. The highest BCUT2D eigenvalue weighted by Crippen LogP contribution is 2.33. The Morgan fingerprint density at radius 3 is 2.72 bits per heavy atom. The summed E-state index contributed by atoms with van der Waals surface area (Å²) in [6.45, 7) is 5.00. The van der Waals surface area contributed by atoms with E-state index in [1.165, 1.54) is 4.90 Å². The predicted octanol–water partition coefficient (Wildman–Crippen LogP) is 1.61. The molecule has 1 N–H and O–H groups in total. The van der Waals surface area contributed by atoms with Crippen LogP contribution in [0, 0.1) is 0 Å². The minimum Gasteiger partial charge on any atom is -0.482 e. The van der Waals surface area contributed by atoms with Gasteiger partial charge in [-0.1, -0.05) is 6.07 Å². The van der Waals surface area contributed by atoms with Crippen LogP contribution in [0.25, 0.3) is 0 Å². The second-order valence-electron chi connectivity index (χ2n) is 6.57. The van der Waals surface area contributed by atoms with Crippen LogP contribution < -0.4 is 15.0 Å². The van der Waals surface area contributed by atoms with E-state index in [2.05, 4.69) is 10.3 Å². The molecule has 0 saturated carbocycles. The quantitative estimate of drug-likeness (QED) is 0.768. The summed E-state index contributed by atoms with van der Waals surface area (Å²) < 4.78 is 5.47. The van der Waals surface area contributed by atoms with Crippen LogP contribution in [0.5, 0.6) is 5.75 Å². The molecule has 152 valence electrons. The van der Waals surface area contributed by atoms with E-state index < -0.39 is 0 Å². The predicted molar refractivity (Wildman–Crippen MR) is 108 cm³/mol. The van der Waals surface area contributed by atoms with Gasteiger partial charge in [-0.05, 0) is 43.7 Å². The summed E-state index contributed by atoms with van der Waals surface area (Å²) in [4.78, 5) is 44.5. The average Bonchev–Trinajstić information content (AvgIpc) is 2.75. The van der Waals surface area contributed by atoms with Gasteiger partial charge in [0, 0.05) is 37.6 Å². The van der Waals surface area contributed by atoms with Gasteiger partial charge in [0.1, 0.15) is 12.3 Å². The summed E-state index contributed by atoms with van der Waals surface area (Å²) in [6.07, 6.45) is 3.33. The number of pyridine rings is 1. The monoisotopic (exact) mass is 396 g/mol. The standard InChI is InChI=1S/C21H24N4O4/c1-3-24(4-2)21(28)16-7-8-18-17(10-16)25(20(27)14-29-18)13-19(26)23-12-15-6-5-9-22-11-15/h5-11H,3-4,12-14H2,1-2H3,(H,23,26). The summed E-state index contributed by atoms with van der Waals surface area (Å²) in [6, 6.07) is 8.60. The molecule has 8 nitrogen and oxygen atoms in total. The first-order valence-corrected chi connectivity index (χ1v) is 9.55. The molecule has 29 heavy (non-hydrogen) atoms. The van der Waals surface area contributed by atoms with Crippen LogP contribution in [0.4, 0.5) is 5.69 Å². The first-order valence-electron chi connectivity index (χ1n) is 9.55. The zero-order valence-corrected chi connectivity index (χ0v) is 16.6. The maximum Gasteiger partial charge on any atom is 0.265 e. The molecule has 1 aromatic heterocycles. The van der Waals surface area contributed by atoms with Gasteiger partial charge < -0.3 is 15.0 Å². The van der Waals surface area contributed by atoms with Crippen LogP contribution in [0.15, 0.2) is 42.7 Å². The Hall–Kier alpha value is -3.42. The largest absolute Gasteiger partial charge is 0.482 e. The number of hydrogen-bond donors (Lipinski definition) is 1. The fourth-order valence-corrected chi connectivity index (χ4v) is 3.10. The number of nitrogens with zero attached hydrogens (tertiary/aromatic N) is 3. The third kappa shape index (κ3) is 4.71. The van der Waals surface area contributed by atoms with Crippen LogP contribution in [-0.4, -0.2) is 53.8 Å². The highest BCUT2D eigenvalue weighted by molar-refractivity contribution is 6.04. The van der Waals surface area contributed by atoms with E-state index >= 15 is 0 Å². The Morgan fingerprint density at radius 2 is 2.03 bits per heavy atom. The molecule has 2 aromatic rings. The fraction of sp³-hybridized carbons (Fsp3) is 0.333. The van der Waals surface area contributed by atoms with Crippen LogP contribution in [0.1, 0.15) is 29.8 Å². The van der Waals surface area contributed by atoms with Gasteiger partial charge in [-0.3, -0.25) is 24.3 Å². The lowest BCUT2D eigenvalue weighted by atomic mass is 10.1. The van der Waals surface area contributed by atoms with Crippen LogP contribution >= 0.6 is 0 Å². The van der Waals surface area contributed by atoms with E-state index in [1.54, 1.807) is 41.6 Å². The molecule has 8 heteroatoms. The summed E-state index contributed by atoms with van der Waals surface area (Å²) in [5.74, 6) is -0.297. The van der Waals surface area contributed by atoms with Crippen molar-refractivity contribution in [1.29, 1.82) is 0 Å². The topological polar surface area (TPSA) is 91.8 Å². The number of rotatable bonds is 7. The van der Waals surface area contributed by atoms with Crippen molar-refractivity contribution in [3.05, 3.63) is 53.9 Å². The molecule has 0 fully saturated rings. The molecule has 0 saturated heterocycles. The number of hydrogen-bond acceptors (Lipinski definition) is 5. The highest BCUT2D eigenvalue weighted by Gasteiger charge is 2.28. The SMILES string of the molecule is CCN(CC)C(=O)c1ccc2c(c1)N(CC(=O)NCc1cccnc1)C(=O)CO2. The van der Waals surface area contributed by atoms with Gasteiger partial charge >= 0.3 is 0 Å². The Balaban J connectivity index is 1.76. The molecule has 3 amide bonds. The minimum atomic E-state index is -0.332. The van der Waals surface area contributed by atoms with E-state index in [1.807, 2.05) is 19.9 Å². The summed E-state index contributed by atoms with van der Waals surface area (Å²) >= 11 is 0. The van der Waals surface area contributed by atoms with Gasteiger partial charge in [0.2, 0.25) is 5.91 Å². The van der Waals surface area contributed by atoms with Crippen molar-refractivity contribution in [2.24, 2.45) is 0 Å². The second kappa shape index (κ2) is 9.18. The third-order valence-corrected chi connectivity index (χ3v) is 4.71. The van der Waals surface area contributed by atoms with Crippen molar-refractivity contribution in [3.8, 4) is 5.75 Å². The number of ether oxygens (including phenoxy) is 1. The fourth-order valence-electron chi connectivity index (χ4n) is 3.10. The second-order valence-corrected chi connectivity index (χ2v) is 6.57. The van der Waals surface area contributed by atoms with E-state index in [0.29, 0.717) is 36.6 Å². The molecular weight excluding hydrogens is 372 g/mol. The third-order valence-electron chi connectivity index (χ3n) is 4.71. The van der Waals surface area contributed by atoms with Gasteiger partial charge in [-0.15, -0.1) is 0 Å². The zero-order chi connectivity index (χ0) is 20.8. The molecule has 0 unspecified atom stereocenters. The maximum absolute atomic E-state index is 12.7. The van der Waals surface area contributed by atoms with Crippen molar-refractivity contribution in [1.82, 2.24) is 15.2 Å². The molecule has 0 aliphatic carbocycles. The van der Waals surface area contributed by atoms with Gasteiger partial charge in [0.25, 0.3) is 11.8 Å². The summed E-state index contributed by atoms with van der Waals surface area (Å²) in [7, 11) is 0. The number of nitrogens with one attached hydrogen (secondary N) is 1. The first kappa shape index (κ1) is 20.3. The summed E-state index contributed by atoms with van der Waals surface area (Å²) in [5, 5.41) is 2.78. The molecule has 1 aliphatic heterocycles. The van der Waals surface area contributed by atoms with Crippen molar-refractivity contribution in [2.75, 3.05) is 31.1 Å². The Bertz CT molecular complexity index is 897. The number of anilines is 1. The average molecular weight is 396 g/mol. The number of fused-ring (bicyclic) bond motifs is 1. The van der Waals surface area contributed by atoms with Crippen molar-refractivity contribution >= 4 is 23.4 Å². The van der Waals surface area contributed by atoms with Crippen molar-refractivity contribution in [2.45, 2.75) is 20.4 Å². The van der Waals surface area contributed by atoms with E-state index in [-0.39, 0.29) is 30.9 Å². The number of amides is 3. The smallest absolute Gasteiger partial charge is 0.265 e. The lowest BCUT2D eigenvalue weighted by Crippen LogP contribution is -2.45. The Morgan fingerprint density at radius 1 is 1.24 bits per heavy atom. The summed E-state index contributed by atoms with van der Waals surface area (Å²) in [5.41, 5.74) is 1.74. The Labute approximate surface area is 169 Å². The van der Waals surface area contributed by atoms with Gasteiger partial charge in [0.05, 0.1) is 5.69 Å². The van der Waals surface area contributed by atoms with Crippen LogP contribution in [-0.2, 0) is 16.1 Å². The normalized spacial score (nSPS) is 12.8. The van der Waals surface area contributed by atoms with Gasteiger partial charge in [-0.2, -0.15) is 0 Å². The van der Waals surface area contributed by atoms with Crippen molar-refractivity contribution in [3.63, 3.8) is 0 Å². The molecule has 3 rings (SSSR count). The van der Waals surface area contributed by atoms with E-state index in [9.17, 15) is 14.4 Å². The minimum absolute atomic E-state index is 0.128. The zero-order valence-electron chi connectivity index (χ0n) is 16.6. The molecule has 0 bridgehead atoms. The molecule has 0 atom stereocenters. The van der Waals surface area contributed by atoms with Crippen LogP contribution in [0.3, 0.4) is 0 Å². The van der Waals surface area contributed by atoms with E-state index in [4.69, 9.17) is 4.74 Å². The van der Waals surface area contributed by atoms with Gasteiger partial charge in [0.15, 0.2) is 6.61 Å². The molecule has 2 heterocycles. The van der Waals surface area contributed by atoms with E-state index in [0.717, 1.165) is 5.56 Å². The number of carbonyl (C=O) groups is 3. The maximum atomic E-state index is 12.7. The lowest BCUT2D eigenvalue weighted by Gasteiger charge is -2.29. The molecule has 1 aromatic carbocycles. The molecule has 0 radical (unpaired) electrons. The highest BCUT2D eigenvalue weighted by atomic mass is 16.5. The molecule has 0 spiro atoms. The first-order chi connectivity index (χ1) is 14.0. The van der Waals surface area contributed by atoms with Crippen molar-refractivity contribution < 1.29 is 19.1 Å². The Kier molecular flexibility index (Phi) is 6.43. The molecule has 1 aliphatic rings. The van der Waals surface area contributed by atoms with Crippen LogP contribution in [0.2, 0.25) is 0 Å².